The van der Waals surface area contributed by atoms with Crippen molar-refractivity contribution < 1.29 is 4.74 Å². The van der Waals surface area contributed by atoms with Crippen LogP contribution in [0, 0.1) is 12.3 Å². The standard InChI is InChI=1S/C12H10O/c1-2-7-13-12-8-10-5-3-4-6-11(10)9-12/h1,3-6,8H,7,9H2. The molecule has 0 radical (unpaired) electrons. The van der Waals surface area contributed by atoms with Crippen LogP contribution in [0.3, 0.4) is 0 Å². The molecule has 0 bridgehead atoms. The fourth-order valence-corrected chi connectivity index (χ4v) is 1.48. The summed E-state index contributed by atoms with van der Waals surface area (Å²) in [5.41, 5.74) is 2.56. The van der Waals surface area contributed by atoms with Crippen molar-refractivity contribution in [1.82, 2.24) is 0 Å². The normalized spacial score (nSPS) is 13.0. The van der Waals surface area contributed by atoms with Crippen LogP contribution in [0.1, 0.15) is 11.1 Å². The molecule has 0 spiro atoms. The molecule has 0 unspecified atom stereocenters. The lowest BCUT2D eigenvalue weighted by atomic mass is 10.1. The average Bonchev–Trinajstić information content (AvgIpc) is 2.57. The molecule has 0 saturated heterocycles. The van der Waals surface area contributed by atoms with Crippen LogP contribution in [-0.4, -0.2) is 6.61 Å². The second-order valence-electron chi connectivity index (χ2n) is 2.98. The highest BCUT2D eigenvalue weighted by Gasteiger charge is 2.11. The smallest absolute Gasteiger partial charge is 0.148 e. The van der Waals surface area contributed by atoms with Crippen LogP contribution in [0.2, 0.25) is 0 Å². The first-order valence-electron chi connectivity index (χ1n) is 4.25. The van der Waals surface area contributed by atoms with Gasteiger partial charge in [0.1, 0.15) is 12.4 Å². The molecule has 1 aliphatic carbocycles. The monoisotopic (exact) mass is 170 g/mol. The lowest BCUT2D eigenvalue weighted by Crippen LogP contribution is -1.91. The Morgan fingerprint density at radius 3 is 3.00 bits per heavy atom. The van der Waals surface area contributed by atoms with Crippen molar-refractivity contribution in [1.29, 1.82) is 0 Å². The van der Waals surface area contributed by atoms with E-state index in [1.165, 1.54) is 11.1 Å². The van der Waals surface area contributed by atoms with Gasteiger partial charge in [-0.3, -0.25) is 0 Å². The average molecular weight is 170 g/mol. The van der Waals surface area contributed by atoms with Crippen molar-refractivity contribution in [3.05, 3.63) is 41.2 Å². The van der Waals surface area contributed by atoms with Gasteiger partial charge in [0.2, 0.25) is 0 Å². The van der Waals surface area contributed by atoms with Crippen LogP contribution < -0.4 is 0 Å². The van der Waals surface area contributed by atoms with E-state index < -0.39 is 0 Å². The molecule has 0 saturated carbocycles. The molecule has 64 valence electrons. The number of rotatable bonds is 2. The second-order valence-corrected chi connectivity index (χ2v) is 2.98. The van der Waals surface area contributed by atoms with Crippen molar-refractivity contribution in [3.8, 4) is 12.3 Å². The molecule has 1 aromatic rings. The fourth-order valence-electron chi connectivity index (χ4n) is 1.48. The Bertz CT molecular complexity index is 382. The first-order valence-corrected chi connectivity index (χ1v) is 4.25. The molecule has 0 fully saturated rings. The highest BCUT2D eigenvalue weighted by molar-refractivity contribution is 5.61. The van der Waals surface area contributed by atoms with Crippen molar-refractivity contribution in [3.63, 3.8) is 0 Å². The van der Waals surface area contributed by atoms with Crippen LogP contribution in [-0.2, 0) is 11.2 Å². The van der Waals surface area contributed by atoms with Crippen molar-refractivity contribution in [2.45, 2.75) is 6.42 Å². The molecule has 0 amide bonds. The van der Waals surface area contributed by atoms with E-state index in [2.05, 4.69) is 18.1 Å². The molecular formula is C12H10O. The number of hydrogen-bond donors (Lipinski definition) is 0. The van der Waals surface area contributed by atoms with Gasteiger partial charge >= 0.3 is 0 Å². The largest absolute Gasteiger partial charge is 0.485 e. The van der Waals surface area contributed by atoms with Crippen molar-refractivity contribution in [2.75, 3.05) is 6.61 Å². The Morgan fingerprint density at radius 1 is 1.38 bits per heavy atom. The third kappa shape index (κ3) is 1.57. The summed E-state index contributed by atoms with van der Waals surface area (Å²) < 4.78 is 5.36. The molecule has 0 N–H and O–H groups in total. The zero-order chi connectivity index (χ0) is 9.10. The quantitative estimate of drug-likeness (QED) is 0.618. The first-order chi connectivity index (χ1) is 6.40. The predicted octanol–water partition coefficient (Wildman–Crippen LogP) is 2.23. The van der Waals surface area contributed by atoms with E-state index >= 15 is 0 Å². The Hall–Kier alpha value is -1.68. The summed E-state index contributed by atoms with van der Waals surface area (Å²) >= 11 is 0. The van der Waals surface area contributed by atoms with Gasteiger partial charge in [0.05, 0.1) is 0 Å². The lowest BCUT2D eigenvalue weighted by molar-refractivity contribution is 0.252. The molecule has 1 heteroatoms. The van der Waals surface area contributed by atoms with Gasteiger partial charge in [-0.1, -0.05) is 30.2 Å². The summed E-state index contributed by atoms with van der Waals surface area (Å²) in [6, 6.07) is 8.26. The van der Waals surface area contributed by atoms with E-state index in [0.717, 1.165) is 12.2 Å². The minimum Gasteiger partial charge on any atom is -0.485 e. The maximum Gasteiger partial charge on any atom is 0.148 e. The number of terminal acetylenes is 1. The van der Waals surface area contributed by atoms with Crippen LogP contribution in [0.25, 0.3) is 6.08 Å². The Kier molecular flexibility index (Phi) is 2.06. The Balaban J connectivity index is 2.13. The van der Waals surface area contributed by atoms with E-state index in [9.17, 15) is 0 Å². The van der Waals surface area contributed by atoms with E-state index in [1.807, 2.05) is 18.2 Å². The molecule has 0 aromatic heterocycles. The molecule has 0 aliphatic heterocycles. The third-order valence-corrected chi connectivity index (χ3v) is 2.08. The van der Waals surface area contributed by atoms with Crippen molar-refractivity contribution in [2.24, 2.45) is 0 Å². The molecular weight excluding hydrogens is 160 g/mol. The summed E-state index contributed by atoms with van der Waals surface area (Å²) in [7, 11) is 0. The van der Waals surface area contributed by atoms with Crippen LogP contribution >= 0.6 is 0 Å². The van der Waals surface area contributed by atoms with Gasteiger partial charge in [0.25, 0.3) is 0 Å². The van der Waals surface area contributed by atoms with Crippen LogP contribution in [0.15, 0.2) is 30.0 Å². The summed E-state index contributed by atoms with van der Waals surface area (Å²) in [5, 5.41) is 0. The number of fused-ring (bicyclic) bond motifs is 1. The fraction of sp³-hybridized carbons (Fsp3) is 0.167. The van der Waals surface area contributed by atoms with Gasteiger partial charge in [-0.05, 0) is 17.2 Å². The highest BCUT2D eigenvalue weighted by atomic mass is 16.5. The molecule has 1 aromatic carbocycles. The van der Waals surface area contributed by atoms with Gasteiger partial charge in [0.15, 0.2) is 0 Å². The number of allylic oxidation sites excluding steroid dienone is 1. The zero-order valence-corrected chi connectivity index (χ0v) is 7.29. The highest BCUT2D eigenvalue weighted by Crippen LogP contribution is 2.24. The maximum absolute atomic E-state index is 5.36. The molecule has 1 aliphatic rings. The van der Waals surface area contributed by atoms with Gasteiger partial charge in [-0.25, -0.2) is 0 Å². The topological polar surface area (TPSA) is 9.23 Å². The molecule has 13 heavy (non-hydrogen) atoms. The van der Waals surface area contributed by atoms with Crippen LogP contribution in [0.5, 0.6) is 0 Å². The Labute approximate surface area is 78.0 Å². The van der Waals surface area contributed by atoms with E-state index in [0.29, 0.717) is 6.61 Å². The number of hydrogen-bond acceptors (Lipinski definition) is 1. The summed E-state index contributed by atoms with van der Waals surface area (Å²) in [5.74, 6) is 3.43. The molecule has 0 atom stereocenters. The van der Waals surface area contributed by atoms with Gasteiger partial charge < -0.3 is 4.74 Å². The summed E-state index contributed by atoms with van der Waals surface area (Å²) in [6.45, 7) is 0.361. The summed E-state index contributed by atoms with van der Waals surface area (Å²) in [4.78, 5) is 0. The predicted molar refractivity (Wildman–Crippen MR) is 52.9 cm³/mol. The minimum atomic E-state index is 0.361. The molecule has 0 heterocycles. The molecule has 2 rings (SSSR count). The van der Waals surface area contributed by atoms with E-state index in [1.54, 1.807) is 0 Å². The van der Waals surface area contributed by atoms with E-state index in [-0.39, 0.29) is 0 Å². The summed E-state index contributed by atoms with van der Waals surface area (Å²) in [6.07, 6.45) is 8.03. The van der Waals surface area contributed by atoms with Gasteiger partial charge in [-0.2, -0.15) is 0 Å². The molecule has 1 nitrogen and oxygen atoms in total. The number of benzene rings is 1. The van der Waals surface area contributed by atoms with Crippen molar-refractivity contribution >= 4 is 6.08 Å². The van der Waals surface area contributed by atoms with Gasteiger partial charge in [-0.15, -0.1) is 6.42 Å². The minimum absolute atomic E-state index is 0.361. The zero-order valence-electron chi connectivity index (χ0n) is 7.29. The van der Waals surface area contributed by atoms with Crippen LogP contribution in [0.4, 0.5) is 0 Å². The maximum atomic E-state index is 5.36. The second kappa shape index (κ2) is 3.37. The lowest BCUT2D eigenvalue weighted by Gasteiger charge is -2.00. The van der Waals surface area contributed by atoms with Gasteiger partial charge in [0, 0.05) is 6.42 Å². The number of ether oxygens (including phenoxy) is 1. The Morgan fingerprint density at radius 2 is 2.23 bits per heavy atom. The van der Waals surface area contributed by atoms with E-state index in [4.69, 9.17) is 11.2 Å². The SMILES string of the molecule is C#CCOC1=Cc2ccccc2C1. The first kappa shape index (κ1) is 7.94. The third-order valence-electron chi connectivity index (χ3n) is 2.08.